The van der Waals surface area contributed by atoms with Gasteiger partial charge in [0.25, 0.3) is 0 Å². The van der Waals surface area contributed by atoms with Gasteiger partial charge in [-0.25, -0.2) is 0 Å². The van der Waals surface area contributed by atoms with Crippen LogP contribution in [0.5, 0.6) is 0 Å². The van der Waals surface area contributed by atoms with Crippen LogP contribution in [0.2, 0.25) is 0 Å². The average Bonchev–Trinajstić information content (AvgIpc) is 2.74. The maximum Gasteiger partial charge on any atom is 0.238 e. The fourth-order valence-electron chi connectivity index (χ4n) is 1.29. The van der Waals surface area contributed by atoms with Gasteiger partial charge in [-0.05, 0) is 47.5 Å². The highest BCUT2D eigenvalue weighted by molar-refractivity contribution is 9.10. The smallest absolute Gasteiger partial charge is 0.238 e. The van der Waals surface area contributed by atoms with E-state index in [1.807, 2.05) is 19.9 Å². The first-order chi connectivity index (χ1) is 7.09. The number of carbonyl (C=O) groups excluding carboxylic acids is 1. The summed E-state index contributed by atoms with van der Waals surface area (Å²) in [7, 11) is 0. The molecule has 2 nitrogen and oxygen atoms in total. The summed E-state index contributed by atoms with van der Waals surface area (Å²) in [5.74, 6) is 0.389. The maximum atomic E-state index is 12.0. The summed E-state index contributed by atoms with van der Waals surface area (Å²) in [4.78, 5) is 13.8. The van der Waals surface area contributed by atoms with E-state index >= 15 is 0 Å². The fourth-order valence-corrected chi connectivity index (χ4v) is 2.76. The minimum absolute atomic E-state index is 0.0451. The predicted octanol–water partition coefficient (Wildman–Crippen LogP) is 3.95. The second-order valence-electron chi connectivity index (χ2n) is 3.28. The van der Waals surface area contributed by atoms with Crippen LogP contribution in [0.4, 0.5) is 0 Å². The van der Waals surface area contributed by atoms with Crippen molar-refractivity contribution in [3.63, 3.8) is 0 Å². The Balaban J connectivity index is 2.41. The van der Waals surface area contributed by atoms with Crippen molar-refractivity contribution < 1.29 is 9.21 Å². The van der Waals surface area contributed by atoms with Crippen LogP contribution in [0.1, 0.15) is 25.9 Å². The third-order valence-corrected chi connectivity index (χ3v) is 4.28. The zero-order valence-corrected chi connectivity index (χ0v) is 10.7. The van der Waals surface area contributed by atoms with Crippen molar-refractivity contribution in [1.82, 2.24) is 0 Å². The molecule has 2 aromatic rings. The minimum atomic E-state index is -0.0451. The highest BCUT2D eigenvalue weighted by Gasteiger charge is 2.17. The van der Waals surface area contributed by atoms with E-state index in [9.17, 15) is 4.79 Å². The largest absolute Gasteiger partial charge is 0.461 e. The number of aryl methyl sites for hydroxylation is 2. The van der Waals surface area contributed by atoms with Crippen LogP contribution in [-0.2, 0) is 0 Å². The number of halogens is 1. The lowest BCUT2D eigenvalue weighted by Gasteiger charge is -1.93. The highest BCUT2D eigenvalue weighted by Crippen LogP contribution is 2.28. The molecule has 0 bridgehead atoms. The molecule has 2 rings (SSSR count). The van der Waals surface area contributed by atoms with Crippen LogP contribution in [0.15, 0.2) is 27.3 Å². The molecule has 0 aliphatic carbocycles. The van der Waals surface area contributed by atoms with Gasteiger partial charge in [-0.3, -0.25) is 4.79 Å². The van der Waals surface area contributed by atoms with Gasteiger partial charge in [-0.15, -0.1) is 11.3 Å². The van der Waals surface area contributed by atoms with E-state index in [1.54, 1.807) is 6.07 Å². The molecule has 0 unspecified atom stereocenters. The Morgan fingerprint density at radius 1 is 1.47 bits per heavy atom. The van der Waals surface area contributed by atoms with Gasteiger partial charge in [0.2, 0.25) is 5.78 Å². The second-order valence-corrected chi connectivity index (χ2v) is 5.39. The molecule has 0 radical (unpaired) electrons. The Bertz CT molecular complexity index is 491. The number of ketones is 1. The van der Waals surface area contributed by atoms with Crippen molar-refractivity contribution in [2.45, 2.75) is 13.8 Å². The minimum Gasteiger partial charge on any atom is -0.461 e. The molecule has 0 amide bonds. The van der Waals surface area contributed by atoms with Crippen molar-refractivity contribution in [2.75, 3.05) is 0 Å². The molecular formula is C11H9BrO2S. The third kappa shape index (κ3) is 1.92. The van der Waals surface area contributed by atoms with Crippen molar-refractivity contribution in [3.05, 3.63) is 43.9 Å². The number of furan rings is 1. The summed E-state index contributed by atoms with van der Waals surface area (Å²) in [6.45, 7) is 3.84. The van der Waals surface area contributed by atoms with E-state index in [0.717, 1.165) is 14.9 Å². The molecule has 2 heterocycles. The summed E-state index contributed by atoms with van der Waals surface area (Å²) in [6, 6.07) is 3.63. The first-order valence-electron chi connectivity index (χ1n) is 4.44. The summed E-state index contributed by atoms with van der Waals surface area (Å²) < 4.78 is 6.14. The summed E-state index contributed by atoms with van der Waals surface area (Å²) in [5.41, 5.74) is 0.877. The van der Waals surface area contributed by atoms with Crippen molar-refractivity contribution in [3.8, 4) is 0 Å². The molecule has 0 aliphatic rings. The normalized spacial score (nSPS) is 10.6. The van der Waals surface area contributed by atoms with Gasteiger partial charge in [-0.1, -0.05) is 0 Å². The van der Waals surface area contributed by atoms with Gasteiger partial charge < -0.3 is 4.42 Å². The van der Waals surface area contributed by atoms with Gasteiger partial charge in [0.1, 0.15) is 0 Å². The van der Waals surface area contributed by atoms with Gasteiger partial charge >= 0.3 is 0 Å². The molecule has 0 atom stereocenters. The van der Waals surface area contributed by atoms with Crippen LogP contribution in [0.25, 0.3) is 0 Å². The van der Waals surface area contributed by atoms with Crippen LogP contribution in [0, 0.1) is 13.8 Å². The third-order valence-electron chi connectivity index (χ3n) is 2.15. The lowest BCUT2D eigenvalue weighted by molar-refractivity contribution is 0.101. The number of rotatable bonds is 2. The molecule has 0 spiro atoms. The molecule has 0 N–H and O–H groups in total. The SMILES string of the molecule is Cc1ccoc1C(=O)c1cc(Br)c(C)s1. The number of thiophene rings is 1. The van der Waals surface area contributed by atoms with Crippen molar-refractivity contribution in [2.24, 2.45) is 0 Å². The molecule has 2 aromatic heterocycles. The topological polar surface area (TPSA) is 30.2 Å². The Labute approximate surface area is 100 Å². The predicted molar refractivity (Wildman–Crippen MR) is 63.6 cm³/mol. The number of hydrogen-bond acceptors (Lipinski definition) is 3. The number of hydrogen-bond donors (Lipinski definition) is 0. The van der Waals surface area contributed by atoms with Crippen molar-refractivity contribution in [1.29, 1.82) is 0 Å². The standard InChI is InChI=1S/C11H9BrO2S/c1-6-3-4-14-11(6)10(13)9-5-8(12)7(2)15-9/h3-5H,1-2H3. The second kappa shape index (κ2) is 3.94. The quantitative estimate of drug-likeness (QED) is 0.782. The zero-order chi connectivity index (χ0) is 11.0. The summed E-state index contributed by atoms with van der Waals surface area (Å²) >= 11 is 4.87. The van der Waals surface area contributed by atoms with Gasteiger partial charge in [0, 0.05) is 9.35 Å². The molecule has 15 heavy (non-hydrogen) atoms. The Hall–Kier alpha value is -0.870. The number of carbonyl (C=O) groups is 1. The van der Waals surface area contributed by atoms with Crippen LogP contribution in [-0.4, -0.2) is 5.78 Å². The van der Waals surface area contributed by atoms with E-state index < -0.39 is 0 Å². The van der Waals surface area contributed by atoms with E-state index in [2.05, 4.69) is 15.9 Å². The molecular weight excluding hydrogens is 276 g/mol. The van der Waals surface area contributed by atoms with Crippen LogP contribution >= 0.6 is 27.3 Å². The Morgan fingerprint density at radius 2 is 2.20 bits per heavy atom. The molecule has 0 aliphatic heterocycles. The lowest BCUT2D eigenvalue weighted by Crippen LogP contribution is -1.98. The average molecular weight is 285 g/mol. The van der Waals surface area contributed by atoms with E-state index in [1.165, 1.54) is 17.6 Å². The van der Waals surface area contributed by atoms with Crippen LogP contribution < -0.4 is 0 Å². The highest BCUT2D eigenvalue weighted by atomic mass is 79.9. The zero-order valence-electron chi connectivity index (χ0n) is 8.33. The summed E-state index contributed by atoms with van der Waals surface area (Å²) in [6.07, 6.45) is 1.54. The van der Waals surface area contributed by atoms with Gasteiger partial charge in [0.15, 0.2) is 5.76 Å². The van der Waals surface area contributed by atoms with Crippen LogP contribution in [0.3, 0.4) is 0 Å². The van der Waals surface area contributed by atoms with E-state index in [4.69, 9.17) is 4.42 Å². The lowest BCUT2D eigenvalue weighted by atomic mass is 10.2. The molecule has 0 aromatic carbocycles. The van der Waals surface area contributed by atoms with Crippen molar-refractivity contribution >= 4 is 33.0 Å². The first-order valence-corrected chi connectivity index (χ1v) is 6.05. The van der Waals surface area contributed by atoms with E-state index in [-0.39, 0.29) is 5.78 Å². The Kier molecular flexibility index (Phi) is 2.80. The molecule has 0 saturated heterocycles. The van der Waals surface area contributed by atoms with Gasteiger partial charge in [-0.2, -0.15) is 0 Å². The first kappa shape index (κ1) is 10.6. The fraction of sp³-hybridized carbons (Fsp3) is 0.182. The van der Waals surface area contributed by atoms with E-state index in [0.29, 0.717) is 10.6 Å². The summed E-state index contributed by atoms with van der Waals surface area (Å²) in [5, 5.41) is 0. The molecule has 0 fully saturated rings. The molecule has 78 valence electrons. The monoisotopic (exact) mass is 284 g/mol. The Morgan fingerprint density at radius 3 is 2.67 bits per heavy atom. The van der Waals surface area contributed by atoms with Gasteiger partial charge in [0.05, 0.1) is 11.1 Å². The molecule has 4 heteroatoms. The molecule has 0 saturated carbocycles. The maximum absolute atomic E-state index is 12.0.